The van der Waals surface area contributed by atoms with E-state index in [4.69, 9.17) is 16.3 Å². The Morgan fingerprint density at radius 2 is 2.29 bits per heavy atom. The molecule has 1 aromatic rings. The van der Waals surface area contributed by atoms with Crippen molar-refractivity contribution in [2.45, 2.75) is 38.7 Å². The Hall–Kier alpha value is -0.610. The third kappa shape index (κ3) is 2.96. The topological polar surface area (TPSA) is 50.8 Å². The summed E-state index contributed by atoms with van der Waals surface area (Å²) in [7, 11) is 0. The van der Waals surface area contributed by atoms with Crippen molar-refractivity contribution in [3.05, 3.63) is 11.6 Å². The highest BCUT2D eigenvalue weighted by Gasteiger charge is 2.15. The second-order valence-corrected chi connectivity index (χ2v) is 3.27. The quantitative estimate of drug-likeness (QED) is 0.745. The third-order valence-electron chi connectivity index (χ3n) is 1.88. The highest BCUT2D eigenvalue weighted by Crippen LogP contribution is 2.19. The normalized spacial score (nSPS) is 13.1. The Kier molecular flexibility index (Phi) is 4.90. The molecule has 1 rings (SSSR count). The molecule has 1 heterocycles. The number of alkyl halides is 1. The molecule has 0 spiro atoms. The molecule has 5 heteroatoms. The van der Waals surface area contributed by atoms with Gasteiger partial charge in [0, 0.05) is 6.61 Å². The molecule has 1 N–H and O–H groups in total. The molecule has 0 bridgehead atoms. The van der Waals surface area contributed by atoms with Crippen LogP contribution in [0.25, 0.3) is 0 Å². The fourth-order valence-electron chi connectivity index (χ4n) is 1.26. The highest BCUT2D eigenvalue weighted by atomic mass is 35.5. The largest absolute Gasteiger partial charge is 0.370 e. The van der Waals surface area contributed by atoms with Gasteiger partial charge in [0.15, 0.2) is 5.82 Å². The Labute approximate surface area is 89.0 Å². The minimum absolute atomic E-state index is 0.00165. The summed E-state index contributed by atoms with van der Waals surface area (Å²) in [6.07, 6.45) is 1.99. The van der Waals surface area contributed by atoms with Crippen LogP contribution in [0.5, 0.6) is 0 Å². The van der Waals surface area contributed by atoms with E-state index in [1.807, 2.05) is 6.92 Å². The van der Waals surface area contributed by atoms with Crippen LogP contribution in [0.4, 0.5) is 0 Å². The van der Waals surface area contributed by atoms with Crippen LogP contribution in [0, 0.1) is 0 Å². The molecule has 4 nitrogen and oxygen atoms in total. The van der Waals surface area contributed by atoms with Gasteiger partial charge in [-0.3, -0.25) is 5.10 Å². The van der Waals surface area contributed by atoms with E-state index in [-0.39, 0.29) is 6.10 Å². The SMILES string of the molecule is CCCC(OCC)c1n[nH]c(CCl)n1. The second-order valence-electron chi connectivity index (χ2n) is 3.01. The number of ether oxygens (including phenoxy) is 1. The molecule has 0 aromatic carbocycles. The van der Waals surface area contributed by atoms with E-state index in [1.54, 1.807) is 0 Å². The third-order valence-corrected chi connectivity index (χ3v) is 2.14. The fourth-order valence-corrected chi connectivity index (χ4v) is 1.38. The van der Waals surface area contributed by atoms with Crippen LogP contribution in [0.1, 0.15) is 44.4 Å². The highest BCUT2D eigenvalue weighted by molar-refractivity contribution is 6.16. The second kappa shape index (κ2) is 5.98. The van der Waals surface area contributed by atoms with Gasteiger partial charge in [-0.1, -0.05) is 13.3 Å². The predicted molar refractivity (Wildman–Crippen MR) is 55.2 cm³/mol. The Morgan fingerprint density at radius 1 is 1.50 bits per heavy atom. The summed E-state index contributed by atoms with van der Waals surface area (Å²) in [4.78, 5) is 4.24. The number of nitrogens with zero attached hydrogens (tertiary/aromatic N) is 2. The lowest BCUT2D eigenvalue weighted by atomic mass is 10.2. The zero-order valence-corrected chi connectivity index (χ0v) is 9.34. The summed E-state index contributed by atoms with van der Waals surface area (Å²) in [5.74, 6) is 1.77. The van der Waals surface area contributed by atoms with Gasteiger partial charge in [-0.25, -0.2) is 4.98 Å². The Morgan fingerprint density at radius 3 is 2.79 bits per heavy atom. The number of hydrogen-bond donors (Lipinski definition) is 1. The molecular weight excluding hydrogens is 202 g/mol. The van der Waals surface area contributed by atoms with E-state index >= 15 is 0 Å². The molecule has 1 atom stereocenters. The lowest BCUT2D eigenvalue weighted by Gasteiger charge is -2.11. The molecule has 0 aliphatic carbocycles. The average Bonchev–Trinajstić information content (AvgIpc) is 2.65. The standard InChI is InChI=1S/C9H16ClN3O/c1-3-5-7(14-4-2)9-11-8(6-10)12-13-9/h7H,3-6H2,1-2H3,(H,11,12,13). The minimum atomic E-state index is -0.00165. The van der Waals surface area contributed by atoms with Crippen molar-refractivity contribution in [3.8, 4) is 0 Å². The molecule has 0 saturated heterocycles. The van der Waals surface area contributed by atoms with Crippen molar-refractivity contribution in [1.82, 2.24) is 15.2 Å². The van der Waals surface area contributed by atoms with Crippen molar-refractivity contribution in [1.29, 1.82) is 0 Å². The van der Waals surface area contributed by atoms with Crippen LogP contribution in [-0.2, 0) is 10.6 Å². The number of H-pyrrole nitrogens is 1. The van der Waals surface area contributed by atoms with Crippen LogP contribution in [-0.4, -0.2) is 21.8 Å². The van der Waals surface area contributed by atoms with Gasteiger partial charge in [0.05, 0.1) is 5.88 Å². The number of aromatic nitrogens is 3. The van der Waals surface area contributed by atoms with Crippen LogP contribution in [0.2, 0.25) is 0 Å². The maximum absolute atomic E-state index is 5.62. The van der Waals surface area contributed by atoms with Crippen molar-refractivity contribution in [2.24, 2.45) is 0 Å². The smallest absolute Gasteiger partial charge is 0.179 e. The number of rotatable bonds is 6. The van der Waals surface area contributed by atoms with Gasteiger partial charge in [-0.2, -0.15) is 5.10 Å². The van der Waals surface area contributed by atoms with E-state index in [1.165, 1.54) is 0 Å². The Bertz CT molecular complexity index is 258. The molecule has 0 saturated carbocycles. The summed E-state index contributed by atoms with van der Waals surface area (Å²) < 4.78 is 5.54. The number of hydrogen-bond acceptors (Lipinski definition) is 3. The first kappa shape index (κ1) is 11.5. The van der Waals surface area contributed by atoms with Gasteiger partial charge in [-0.15, -0.1) is 11.6 Å². The number of nitrogens with one attached hydrogen (secondary N) is 1. The summed E-state index contributed by atoms with van der Waals surface area (Å²) in [6, 6.07) is 0. The zero-order valence-electron chi connectivity index (χ0n) is 8.59. The molecule has 0 radical (unpaired) electrons. The van der Waals surface area contributed by atoms with Crippen molar-refractivity contribution in [2.75, 3.05) is 6.61 Å². The maximum atomic E-state index is 5.62. The summed E-state index contributed by atoms with van der Waals surface area (Å²) in [5.41, 5.74) is 0. The van der Waals surface area contributed by atoms with Gasteiger partial charge in [0.25, 0.3) is 0 Å². The van der Waals surface area contributed by atoms with Crippen LogP contribution in [0.15, 0.2) is 0 Å². The number of aromatic amines is 1. The minimum Gasteiger partial charge on any atom is -0.370 e. The van der Waals surface area contributed by atoms with E-state index in [0.29, 0.717) is 24.1 Å². The fraction of sp³-hybridized carbons (Fsp3) is 0.778. The molecule has 80 valence electrons. The number of halogens is 1. The molecular formula is C9H16ClN3O. The van der Waals surface area contributed by atoms with E-state index < -0.39 is 0 Å². The van der Waals surface area contributed by atoms with Crippen molar-refractivity contribution < 1.29 is 4.74 Å². The van der Waals surface area contributed by atoms with Crippen LogP contribution >= 0.6 is 11.6 Å². The van der Waals surface area contributed by atoms with Crippen LogP contribution in [0.3, 0.4) is 0 Å². The molecule has 0 amide bonds. The van der Waals surface area contributed by atoms with Gasteiger partial charge in [0.1, 0.15) is 11.9 Å². The van der Waals surface area contributed by atoms with Crippen molar-refractivity contribution >= 4 is 11.6 Å². The van der Waals surface area contributed by atoms with Gasteiger partial charge in [-0.05, 0) is 13.3 Å². The van der Waals surface area contributed by atoms with E-state index in [2.05, 4.69) is 22.1 Å². The molecule has 1 unspecified atom stereocenters. The summed E-state index contributed by atoms with van der Waals surface area (Å²) in [5, 5.41) is 6.86. The Balaban J connectivity index is 2.65. The van der Waals surface area contributed by atoms with Gasteiger partial charge >= 0.3 is 0 Å². The predicted octanol–water partition coefficient (Wildman–Crippen LogP) is 2.42. The first-order valence-electron chi connectivity index (χ1n) is 4.90. The molecule has 0 aliphatic rings. The van der Waals surface area contributed by atoms with Gasteiger partial charge < -0.3 is 4.74 Å². The molecule has 1 aromatic heterocycles. The molecule has 14 heavy (non-hydrogen) atoms. The lowest BCUT2D eigenvalue weighted by molar-refractivity contribution is 0.0496. The van der Waals surface area contributed by atoms with Crippen molar-refractivity contribution in [3.63, 3.8) is 0 Å². The lowest BCUT2D eigenvalue weighted by Crippen LogP contribution is -2.06. The monoisotopic (exact) mass is 217 g/mol. The zero-order chi connectivity index (χ0) is 10.4. The summed E-state index contributed by atoms with van der Waals surface area (Å²) >= 11 is 5.62. The first-order chi connectivity index (χ1) is 6.81. The average molecular weight is 218 g/mol. The first-order valence-corrected chi connectivity index (χ1v) is 5.44. The molecule has 0 aliphatic heterocycles. The van der Waals surface area contributed by atoms with E-state index in [0.717, 1.165) is 12.8 Å². The molecule has 0 fully saturated rings. The summed E-state index contributed by atoms with van der Waals surface area (Å²) in [6.45, 7) is 4.76. The van der Waals surface area contributed by atoms with Gasteiger partial charge in [0.2, 0.25) is 0 Å². The maximum Gasteiger partial charge on any atom is 0.179 e. The van der Waals surface area contributed by atoms with E-state index in [9.17, 15) is 0 Å². The van der Waals surface area contributed by atoms with Crippen LogP contribution < -0.4 is 0 Å².